The molecular formula is C8H14N2O. The van der Waals surface area contributed by atoms with E-state index in [1.54, 1.807) is 0 Å². The largest absolute Gasteiger partial charge is 0.361 e. The molecule has 0 amide bonds. The van der Waals surface area contributed by atoms with E-state index >= 15 is 0 Å². The zero-order valence-corrected chi connectivity index (χ0v) is 7.22. The molecule has 3 heteroatoms. The molecule has 0 fully saturated rings. The molecule has 0 unspecified atom stereocenters. The van der Waals surface area contributed by atoms with E-state index in [1.165, 1.54) is 0 Å². The normalized spacial score (nSPS) is 13.5. The van der Waals surface area contributed by atoms with Crippen molar-refractivity contribution in [2.45, 2.75) is 33.2 Å². The maximum absolute atomic E-state index is 5.84. The van der Waals surface area contributed by atoms with Crippen LogP contribution in [0.2, 0.25) is 0 Å². The van der Waals surface area contributed by atoms with Crippen molar-refractivity contribution in [1.29, 1.82) is 0 Å². The maximum Gasteiger partial charge on any atom is 0.138 e. The second kappa shape index (κ2) is 3.05. The number of nitrogens with zero attached hydrogens (tertiary/aromatic N) is 1. The molecule has 1 aromatic rings. The van der Waals surface area contributed by atoms with Gasteiger partial charge in [0.05, 0.1) is 5.69 Å². The van der Waals surface area contributed by atoms with Crippen molar-refractivity contribution in [2.75, 3.05) is 0 Å². The standard InChI is InChI=1S/C8H14N2O/c1-4-7(9)8-5(2)10-11-6(8)3/h7H,4,9H2,1-3H3/t7-/m1/s1. The van der Waals surface area contributed by atoms with E-state index < -0.39 is 0 Å². The van der Waals surface area contributed by atoms with Gasteiger partial charge in [-0.1, -0.05) is 12.1 Å². The third kappa shape index (κ3) is 1.43. The van der Waals surface area contributed by atoms with E-state index in [2.05, 4.69) is 12.1 Å². The lowest BCUT2D eigenvalue weighted by Crippen LogP contribution is -2.10. The van der Waals surface area contributed by atoms with Gasteiger partial charge in [-0.2, -0.15) is 0 Å². The van der Waals surface area contributed by atoms with Gasteiger partial charge in [0.2, 0.25) is 0 Å². The van der Waals surface area contributed by atoms with E-state index in [0.29, 0.717) is 0 Å². The van der Waals surface area contributed by atoms with Gasteiger partial charge >= 0.3 is 0 Å². The van der Waals surface area contributed by atoms with E-state index in [-0.39, 0.29) is 6.04 Å². The Labute approximate surface area is 66.6 Å². The second-order valence-electron chi connectivity index (χ2n) is 2.75. The molecular weight excluding hydrogens is 140 g/mol. The van der Waals surface area contributed by atoms with Gasteiger partial charge in [0.15, 0.2) is 0 Å². The van der Waals surface area contributed by atoms with Crippen LogP contribution >= 0.6 is 0 Å². The molecule has 0 spiro atoms. The van der Waals surface area contributed by atoms with Crippen LogP contribution in [-0.4, -0.2) is 5.16 Å². The molecule has 0 aromatic carbocycles. The van der Waals surface area contributed by atoms with Gasteiger partial charge in [-0.15, -0.1) is 0 Å². The van der Waals surface area contributed by atoms with Crippen LogP contribution in [0.4, 0.5) is 0 Å². The van der Waals surface area contributed by atoms with Crippen molar-refractivity contribution in [3.63, 3.8) is 0 Å². The van der Waals surface area contributed by atoms with E-state index in [1.807, 2.05) is 13.8 Å². The molecule has 0 aliphatic heterocycles. The Bertz CT molecular complexity index is 223. The fourth-order valence-corrected chi connectivity index (χ4v) is 1.22. The highest BCUT2D eigenvalue weighted by Gasteiger charge is 2.14. The quantitative estimate of drug-likeness (QED) is 0.705. The summed E-state index contributed by atoms with van der Waals surface area (Å²) in [6, 6.07) is 0.0706. The summed E-state index contributed by atoms with van der Waals surface area (Å²) in [5.41, 5.74) is 7.82. The fourth-order valence-electron chi connectivity index (χ4n) is 1.22. The molecule has 11 heavy (non-hydrogen) atoms. The van der Waals surface area contributed by atoms with Crippen LogP contribution in [0.3, 0.4) is 0 Å². The monoisotopic (exact) mass is 154 g/mol. The van der Waals surface area contributed by atoms with Crippen LogP contribution in [0, 0.1) is 13.8 Å². The Hall–Kier alpha value is -0.830. The molecule has 2 N–H and O–H groups in total. The zero-order valence-electron chi connectivity index (χ0n) is 7.22. The lowest BCUT2D eigenvalue weighted by atomic mass is 10.0. The van der Waals surface area contributed by atoms with Crippen molar-refractivity contribution < 1.29 is 4.52 Å². The van der Waals surface area contributed by atoms with Gasteiger partial charge < -0.3 is 10.3 Å². The number of rotatable bonds is 2. The highest BCUT2D eigenvalue weighted by atomic mass is 16.5. The molecule has 0 aliphatic rings. The number of aromatic nitrogens is 1. The van der Waals surface area contributed by atoms with Crippen LogP contribution in [0.1, 0.15) is 36.4 Å². The third-order valence-electron chi connectivity index (χ3n) is 1.90. The highest BCUT2D eigenvalue weighted by Crippen LogP contribution is 2.21. The number of hydrogen-bond donors (Lipinski definition) is 1. The number of hydrogen-bond acceptors (Lipinski definition) is 3. The van der Waals surface area contributed by atoms with E-state index in [9.17, 15) is 0 Å². The Morgan fingerprint density at radius 1 is 1.55 bits per heavy atom. The first kappa shape index (κ1) is 8.27. The highest BCUT2D eigenvalue weighted by molar-refractivity contribution is 5.24. The molecule has 0 saturated heterocycles. The summed E-state index contributed by atoms with van der Waals surface area (Å²) in [4.78, 5) is 0. The summed E-state index contributed by atoms with van der Waals surface area (Å²) in [5.74, 6) is 0.844. The van der Waals surface area contributed by atoms with Crippen LogP contribution in [0.5, 0.6) is 0 Å². The molecule has 1 atom stereocenters. The predicted octanol–water partition coefficient (Wildman–Crippen LogP) is 1.70. The zero-order chi connectivity index (χ0) is 8.43. The average molecular weight is 154 g/mol. The Kier molecular flexibility index (Phi) is 2.29. The second-order valence-corrected chi connectivity index (χ2v) is 2.75. The first-order valence-corrected chi connectivity index (χ1v) is 3.85. The first-order chi connectivity index (χ1) is 5.16. The minimum absolute atomic E-state index is 0.0706. The van der Waals surface area contributed by atoms with Crippen LogP contribution in [0.25, 0.3) is 0 Å². The Morgan fingerprint density at radius 3 is 2.55 bits per heavy atom. The lowest BCUT2D eigenvalue weighted by molar-refractivity contribution is 0.391. The molecule has 1 heterocycles. The van der Waals surface area contributed by atoms with Gasteiger partial charge in [-0.3, -0.25) is 0 Å². The van der Waals surface area contributed by atoms with Gasteiger partial charge in [0.25, 0.3) is 0 Å². The summed E-state index contributed by atoms with van der Waals surface area (Å²) in [7, 11) is 0. The van der Waals surface area contributed by atoms with Gasteiger partial charge in [-0.25, -0.2) is 0 Å². The molecule has 1 rings (SSSR count). The van der Waals surface area contributed by atoms with Crippen LogP contribution in [-0.2, 0) is 0 Å². The Morgan fingerprint density at radius 2 is 2.18 bits per heavy atom. The predicted molar refractivity (Wildman–Crippen MR) is 43.2 cm³/mol. The molecule has 3 nitrogen and oxygen atoms in total. The summed E-state index contributed by atoms with van der Waals surface area (Å²) < 4.78 is 4.99. The van der Waals surface area contributed by atoms with E-state index in [0.717, 1.165) is 23.4 Å². The van der Waals surface area contributed by atoms with Gasteiger partial charge in [0, 0.05) is 11.6 Å². The number of nitrogens with two attached hydrogens (primary N) is 1. The smallest absolute Gasteiger partial charge is 0.138 e. The minimum atomic E-state index is 0.0706. The SMILES string of the molecule is CC[C@@H](N)c1c(C)noc1C. The molecule has 62 valence electrons. The topological polar surface area (TPSA) is 52.0 Å². The van der Waals surface area contributed by atoms with Crippen molar-refractivity contribution in [2.24, 2.45) is 5.73 Å². The minimum Gasteiger partial charge on any atom is -0.361 e. The summed E-state index contributed by atoms with van der Waals surface area (Å²) in [5, 5.41) is 3.83. The summed E-state index contributed by atoms with van der Waals surface area (Å²) >= 11 is 0. The van der Waals surface area contributed by atoms with Crippen LogP contribution in [0.15, 0.2) is 4.52 Å². The molecule has 1 aromatic heterocycles. The third-order valence-corrected chi connectivity index (χ3v) is 1.90. The first-order valence-electron chi connectivity index (χ1n) is 3.85. The Balaban J connectivity index is 3.00. The molecule has 0 bridgehead atoms. The van der Waals surface area contributed by atoms with Gasteiger partial charge in [0.1, 0.15) is 5.76 Å². The molecule has 0 aliphatic carbocycles. The van der Waals surface area contributed by atoms with Crippen molar-refractivity contribution in [1.82, 2.24) is 5.16 Å². The molecule has 0 radical (unpaired) electrons. The summed E-state index contributed by atoms with van der Waals surface area (Å²) in [6.07, 6.45) is 0.920. The van der Waals surface area contributed by atoms with Crippen molar-refractivity contribution in [3.8, 4) is 0 Å². The number of aryl methyl sites for hydroxylation is 2. The van der Waals surface area contributed by atoms with Crippen molar-refractivity contribution in [3.05, 3.63) is 17.0 Å². The average Bonchev–Trinajstić information content (AvgIpc) is 2.30. The van der Waals surface area contributed by atoms with Crippen LogP contribution < -0.4 is 5.73 Å². The van der Waals surface area contributed by atoms with Crippen molar-refractivity contribution >= 4 is 0 Å². The summed E-state index contributed by atoms with van der Waals surface area (Å²) in [6.45, 7) is 5.86. The fraction of sp³-hybridized carbons (Fsp3) is 0.625. The maximum atomic E-state index is 5.84. The van der Waals surface area contributed by atoms with Gasteiger partial charge in [-0.05, 0) is 20.3 Å². The lowest BCUT2D eigenvalue weighted by Gasteiger charge is -2.06. The molecule has 0 saturated carbocycles. The van der Waals surface area contributed by atoms with E-state index in [4.69, 9.17) is 10.3 Å².